The Morgan fingerprint density at radius 2 is 2.15 bits per heavy atom. The number of nitrogens with zero attached hydrogens (tertiary/aromatic N) is 1. The van der Waals surface area contributed by atoms with Crippen LogP contribution in [0.4, 0.5) is 4.39 Å². The molecule has 0 saturated carbocycles. The number of hydrogen-bond acceptors (Lipinski definition) is 3. The summed E-state index contributed by atoms with van der Waals surface area (Å²) in [6.07, 6.45) is -0.207. The molecule has 1 aromatic rings. The predicted molar refractivity (Wildman–Crippen MR) is 45.0 cm³/mol. The highest BCUT2D eigenvalue weighted by molar-refractivity contribution is 6.40. The first-order valence-corrected chi connectivity index (χ1v) is 3.68. The van der Waals surface area contributed by atoms with E-state index in [4.69, 9.17) is 15.3 Å². The van der Waals surface area contributed by atoms with E-state index in [2.05, 4.69) is 0 Å². The van der Waals surface area contributed by atoms with Crippen molar-refractivity contribution in [2.75, 3.05) is 0 Å². The maximum absolute atomic E-state index is 13.2. The zero-order valence-corrected chi connectivity index (χ0v) is 6.74. The molecule has 0 saturated heterocycles. The summed E-state index contributed by atoms with van der Waals surface area (Å²) in [5.41, 5.74) is 0.0483. The molecular formula is C8H7BFNO2. The highest BCUT2D eigenvalue weighted by atomic mass is 19.1. The molecule has 1 rings (SSSR count). The van der Waals surface area contributed by atoms with E-state index in [1.165, 1.54) is 18.2 Å². The van der Waals surface area contributed by atoms with E-state index < -0.39 is 12.9 Å². The van der Waals surface area contributed by atoms with Gasteiger partial charge in [-0.3, -0.25) is 0 Å². The largest absolute Gasteiger partial charge is 0.456 e. The van der Waals surface area contributed by atoms with E-state index in [-0.39, 0.29) is 17.4 Å². The van der Waals surface area contributed by atoms with Gasteiger partial charge in [-0.2, -0.15) is 5.26 Å². The molecule has 0 spiro atoms. The Labute approximate surface area is 75.2 Å². The van der Waals surface area contributed by atoms with Gasteiger partial charge in [-0.15, -0.1) is 0 Å². The first-order valence-electron chi connectivity index (χ1n) is 3.68. The van der Waals surface area contributed by atoms with Crippen molar-refractivity contribution in [1.29, 1.82) is 5.26 Å². The topological polar surface area (TPSA) is 64.2 Å². The SMILES string of the molecule is N#Cc1cccc(CB(O)O)c1F. The molecule has 0 aliphatic carbocycles. The van der Waals surface area contributed by atoms with Gasteiger partial charge in [-0.05, 0) is 11.6 Å². The minimum atomic E-state index is -1.59. The van der Waals surface area contributed by atoms with Gasteiger partial charge >= 0.3 is 7.12 Å². The quantitative estimate of drug-likeness (QED) is 0.639. The summed E-state index contributed by atoms with van der Waals surface area (Å²) in [6, 6.07) is 5.92. The lowest BCUT2D eigenvalue weighted by Crippen LogP contribution is -2.16. The van der Waals surface area contributed by atoms with Crippen molar-refractivity contribution in [3.05, 3.63) is 35.1 Å². The van der Waals surface area contributed by atoms with E-state index in [0.29, 0.717) is 0 Å². The van der Waals surface area contributed by atoms with Gasteiger partial charge in [0.25, 0.3) is 0 Å². The molecule has 5 heteroatoms. The molecule has 0 atom stereocenters. The summed E-state index contributed by atoms with van der Waals surface area (Å²) in [5, 5.41) is 25.7. The van der Waals surface area contributed by atoms with Crippen LogP contribution in [0.25, 0.3) is 0 Å². The normalized spacial score (nSPS) is 9.38. The standard InChI is InChI=1S/C8H7BFNO2/c10-8-6(4-9(12)13)2-1-3-7(8)5-11/h1-3,12-13H,4H2. The van der Waals surface area contributed by atoms with Crippen molar-refractivity contribution in [2.24, 2.45) is 0 Å². The lowest BCUT2D eigenvalue weighted by Gasteiger charge is -2.02. The summed E-state index contributed by atoms with van der Waals surface area (Å²) >= 11 is 0. The zero-order valence-electron chi connectivity index (χ0n) is 6.74. The molecule has 0 unspecified atom stereocenters. The second kappa shape index (κ2) is 4.03. The van der Waals surface area contributed by atoms with E-state index >= 15 is 0 Å². The number of rotatable bonds is 2. The average Bonchev–Trinajstić information content (AvgIpc) is 2.08. The van der Waals surface area contributed by atoms with Crippen molar-refractivity contribution in [2.45, 2.75) is 6.32 Å². The predicted octanol–water partition coefficient (Wildman–Crippen LogP) is 0.252. The van der Waals surface area contributed by atoms with Crippen LogP contribution in [0.2, 0.25) is 0 Å². The fourth-order valence-corrected chi connectivity index (χ4v) is 1.02. The molecule has 0 heterocycles. The third-order valence-corrected chi connectivity index (χ3v) is 1.60. The minimum absolute atomic E-state index is 0.0850. The number of nitriles is 1. The lowest BCUT2D eigenvalue weighted by molar-refractivity contribution is 0.403. The van der Waals surface area contributed by atoms with Crippen molar-refractivity contribution < 1.29 is 14.4 Å². The van der Waals surface area contributed by atoms with Crippen LogP contribution in [0.15, 0.2) is 18.2 Å². The van der Waals surface area contributed by atoms with Gasteiger partial charge in [0.2, 0.25) is 0 Å². The number of hydrogen-bond donors (Lipinski definition) is 2. The van der Waals surface area contributed by atoms with Gasteiger partial charge in [-0.25, -0.2) is 4.39 Å². The lowest BCUT2D eigenvalue weighted by atomic mass is 9.81. The van der Waals surface area contributed by atoms with Gasteiger partial charge in [0.05, 0.1) is 5.56 Å². The van der Waals surface area contributed by atoms with Crippen LogP contribution < -0.4 is 0 Å². The van der Waals surface area contributed by atoms with Gasteiger partial charge < -0.3 is 10.0 Å². The molecular weight excluding hydrogens is 172 g/mol. The van der Waals surface area contributed by atoms with Gasteiger partial charge in [0.1, 0.15) is 11.9 Å². The van der Waals surface area contributed by atoms with E-state index in [1.807, 2.05) is 0 Å². The molecule has 0 radical (unpaired) electrons. The zero-order chi connectivity index (χ0) is 9.84. The molecule has 13 heavy (non-hydrogen) atoms. The molecule has 2 N–H and O–H groups in total. The Morgan fingerprint density at radius 1 is 1.46 bits per heavy atom. The number of halogens is 1. The number of benzene rings is 1. The van der Waals surface area contributed by atoms with E-state index in [0.717, 1.165) is 0 Å². The van der Waals surface area contributed by atoms with Crippen LogP contribution in [0.5, 0.6) is 0 Å². The maximum Gasteiger partial charge on any atom is 0.456 e. The second-order valence-corrected chi connectivity index (χ2v) is 2.58. The van der Waals surface area contributed by atoms with Crippen molar-refractivity contribution in [3.63, 3.8) is 0 Å². The highest BCUT2D eigenvalue weighted by Crippen LogP contribution is 2.12. The highest BCUT2D eigenvalue weighted by Gasteiger charge is 2.13. The first kappa shape index (κ1) is 9.71. The maximum atomic E-state index is 13.2. The van der Waals surface area contributed by atoms with Crippen LogP contribution in [0, 0.1) is 17.1 Å². The van der Waals surface area contributed by atoms with Crippen molar-refractivity contribution in [1.82, 2.24) is 0 Å². The Morgan fingerprint density at radius 3 is 2.69 bits per heavy atom. The van der Waals surface area contributed by atoms with Crippen LogP contribution in [0.3, 0.4) is 0 Å². The third kappa shape index (κ3) is 2.28. The van der Waals surface area contributed by atoms with Crippen molar-refractivity contribution in [3.8, 4) is 6.07 Å². The van der Waals surface area contributed by atoms with Gasteiger partial charge in [-0.1, -0.05) is 12.1 Å². The Bertz CT molecular complexity index is 348. The van der Waals surface area contributed by atoms with E-state index in [9.17, 15) is 4.39 Å². The molecule has 66 valence electrons. The van der Waals surface area contributed by atoms with E-state index in [1.54, 1.807) is 6.07 Å². The van der Waals surface area contributed by atoms with Crippen LogP contribution in [0.1, 0.15) is 11.1 Å². The second-order valence-electron chi connectivity index (χ2n) is 2.58. The third-order valence-electron chi connectivity index (χ3n) is 1.60. The molecule has 0 aromatic heterocycles. The molecule has 0 amide bonds. The smallest absolute Gasteiger partial charge is 0.427 e. The molecule has 0 aliphatic heterocycles. The molecule has 0 aliphatic rings. The summed E-state index contributed by atoms with van der Waals surface area (Å²) in [4.78, 5) is 0. The average molecular weight is 179 g/mol. The summed E-state index contributed by atoms with van der Waals surface area (Å²) in [6.45, 7) is 0. The fraction of sp³-hybridized carbons (Fsp3) is 0.125. The van der Waals surface area contributed by atoms with Gasteiger partial charge in [0, 0.05) is 6.32 Å². The fourth-order valence-electron chi connectivity index (χ4n) is 1.02. The van der Waals surface area contributed by atoms with Crippen LogP contribution in [-0.2, 0) is 6.32 Å². The van der Waals surface area contributed by atoms with Crippen LogP contribution in [-0.4, -0.2) is 17.2 Å². The molecule has 3 nitrogen and oxygen atoms in total. The summed E-state index contributed by atoms with van der Waals surface area (Å²) in [7, 11) is -1.59. The molecule has 0 fully saturated rings. The molecule has 0 bridgehead atoms. The van der Waals surface area contributed by atoms with Gasteiger partial charge in [0.15, 0.2) is 0 Å². The molecule has 1 aromatic carbocycles. The van der Waals surface area contributed by atoms with Crippen molar-refractivity contribution >= 4 is 7.12 Å². The first-order chi connectivity index (χ1) is 6.15. The summed E-state index contributed by atoms with van der Waals surface area (Å²) in [5.74, 6) is -0.682. The monoisotopic (exact) mass is 179 g/mol. The Hall–Kier alpha value is -1.38. The minimum Gasteiger partial charge on any atom is -0.427 e. The van der Waals surface area contributed by atoms with Crippen LogP contribution >= 0.6 is 0 Å². The summed E-state index contributed by atoms with van der Waals surface area (Å²) < 4.78 is 13.2. The Kier molecular flexibility index (Phi) is 3.01. The Balaban J connectivity index is 3.03.